The van der Waals surface area contributed by atoms with Gasteiger partial charge in [-0.2, -0.15) is 5.01 Å². The minimum absolute atomic E-state index is 0.188. The molecule has 0 bridgehead atoms. The first-order valence-corrected chi connectivity index (χ1v) is 11.0. The van der Waals surface area contributed by atoms with Crippen LogP contribution in [-0.4, -0.2) is 32.7 Å². The van der Waals surface area contributed by atoms with E-state index >= 15 is 0 Å². The third-order valence-electron chi connectivity index (χ3n) is 5.99. The van der Waals surface area contributed by atoms with E-state index in [1.54, 1.807) is 12.1 Å². The number of amides is 3. The Labute approximate surface area is 199 Å². The number of para-hydroxylation sites is 1. The van der Waals surface area contributed by atoms with Gasteiger partial charge in [-0.05, 0) is 36.1 Å². The van der Waals surface area contributed by atoms with Crippen LogP contribution in [0.15, 0.2) is 54.6 Å². The molecule has 1 aliphatic heterocycles. The number of carbonyl (C=O) groups excluding carboxylic acids is 3. The lowest BCUT2D eigenvalue weighted by atomic mass is 9.78. The highest BCUT2D eigenvalue weighted by Gasteiger charge is 2.53. The lowest BCUT2D eigenvalue weighted by Crippen LogP contribution is -2.50. The molecule has 1 fully saturated rings. The van der Waals surface area contributed by atoms with E-state index in [1.807, 2.05) is 19.1 Å². The van der Waals surface area contributed by atoms with Crippen LogP contribution in [0, 0.1) is 27.9 Å². The average molecular weight is 488 g/mol. The van der Waals surface area contributed by atoms with Crippen molar-refractivity contribution in [3.8, 4) is 0 Å². The fourth-order valence-corrected chi connectivity index (χ4v) is 4.83. The molecule has 0 N–H and O–H groups in total. The molecule has 0 spiro atoms. The van der Waals surface area contributed by atoms with Crippen molar-refractivity contribution in [2.75, 3.05) is 0 Å². The Hall–Kier alpha value is -3.23. The number of hydrogen-bond acceptors (Lipinski definition) is 5. The summed E-state index contributed by atoms with van der Waals surface area (Å²) in [5.74, 6) is -3.28. The molecule has 2 aromatic rings. The Morgan fingerprint density at radius 2 is 1.91 bits per heavy atom. The molecule has 0 aromatic heterocycles. The van der Waals surface area contributed by atoms with Gasteiger partial charge in [-0.15, -0.1) is 0 Å². The van der Waals surface area contributed by atoms with Gasteiger partial charge in [0, 0.05) is 16.1 Å². The van der Waals surface area contributed by atoms with E-state index in [0.717, 1.165) is 10.0 Å². The highest BCUT2D eigenvalue weighted by molar-refractivity contribution is 6.35. The van der Waals surface area contributed by atoms with Crippen molar-refractivity contribution >= 4 is 46.6 Å². The molecule has 3 amide bonds. The molecule has 1 aliphatic carbocycles. The summed E-state index contributed by atoms with van der Waals surface area (Å²) < 4.78 is 0. The summed E-state index contributed by atoms with van der Waals surface area (Å²) >= 11 is 12.3. The minimum atomic E-state index is -0.853. The minimum Gasteiger partial charge on any atom is -0.272 e. The number of nitrogens with zero attached hydrogens (tertiary/aromatic N) is 3. The first-order valence-electron chi connectivity index (χ1n) is 10.2. The quantitative estimate of drug-likeness (QED) is 0.264. The van der Waals surface area contributed by atoms with Crippen molar-refractivity contribution in [3.63, 3.8) is 0 Å². The van der Waals surface area contributed by atoms with Gasteiger partial charge < -0.3 is 0 Å². The van der Waals surface area contributed by atoms with E-state index in [4.69, 9.17) is 23.2 Å². The first-order chi connectivity index (χ1) is 15.7. The van der Waals surface area contributed by atoms with Crippen LogP contribution in [-0.2, 0) is 16.1 Å². The Morgan fingerprint density at radius 3 is 2.58 bits per heavy atom. The molecular formula is C23H19Cl2N3O5. The Balaban J connectivity index is 1.80. The third-order valence-corrected chi connectivity index (χ3v) is 6.58. The number of allylic oxidation sites excluding steroid dienone is 2. The Kier molecular flexibility index (Phi) is 6.23. The van der Waals surface area contributed by atoms with Crippen LogP contribution < -0.4 is 0 Å². The molecule has 2 aromatic carbocycles. The number of nitro groups is 1. The molecule has 3 atom stereocenters. The lowest BCUT2D eigenvalue weighted by molar-refractivity contribution is -0.385. The van der Waals surface area contributed by atoms with E-state index in [9.17, 15) is 24.5 Å². The smallest absolute Gasteiger partial charge is 0.272 e. The Bertz CT molecular complexity index is 1200. The predicted molar refractivity (Wildman–Crippen MR) is 121 cm³/mol. The second-order valence-electron chi connectivity index (χ2n) is 8.02. The van der Waals surface area contributed by atoms with Crippen molar-refractivity contribution in [1.29, 1.82) is 0 Å². The van der Waals surface area contributed by atoms with Gasteiger partial charge in [0.2, 0.25) is 0 Å². The van der Waals surface area contributed by atoms with Gasteiger partial charge in [0.15, 0.2) is 0 Å². The van der Waals surface area contributed by atoms with Crippen molar-refractivity contribution in [3.05, 3.63) is 85.9 Å². The van der Waals surface area contributed by atoms with Gasteiger partial charge in [-0.25, -0.2) is 5.01 Å². The zero-order valence-electron chi connectivity index (χ0n) is 17.5. The van der Waals surface area contributed by atoms with Crippen LogP contribution in [0.4, 0.5) is 5.69 Å². The normalized spacial score (nSPS) is 21.8. The molecular weight excluding hydrogens is 469 g/mol. The third kappa shape index (κ3) is 4.12. The van der Waals surface area contributed by atoms with Gasteiger partial charge >= 0.3 is 0 Å². The molecule has 0 radical (unpaired) electrons. The second-order valence-corrected chi connectivity index (χ2v) is 8.86. The summed E-state index contributed by atoms with van der Waals surface area (Å²) in [5, 5.41) is 13.9. The second kappa shape index (κ2) is 8.96. The average Bonchev–Trinajstić information content (AvgIpc) is 3.04. The number of nitro benzene ring substituents is 1. The van der Waals surface area contributed by atoms with E-state index in [2.05, 4.69) is 0 Å². The Morgan fingerprint density at radius 1 is 1.18 bits per heavy atom. The molecule has 1 heterocycles. The molecule has 8 nitrogen and oxygen atoms in total. The number of rotatable bonds is 5. The molecule has 2 aliphatic rings. The van der Waals surface area contributed by atoms with E-state index in [1.165, 1.54) is 30.3 Å². The van der Waals surface area contributed by atoms with Crippen molar-refractivity contribution in [1.82, 2.24) is 10.0 Å². The van der Waals surface area contributed by atoms with Gasteiger partial charge in [-0.3, -0.25) is 24.5 Å². The fraction of sp³-hybridized carbons (Fsp3) is 0.261. The molecule has 1 saturated heterocycles. The summed E-state index contributed by atoms with van der Waals surface area (Å²) in [6.45, 7) is 1.59. The first kappa shape index (κ1) is 22.9. The highest BCUT2D eigenvalue weighted by Crippen LogP contribution is 2.40. The predicted octanol–water partition coefficient (Wildman–Crippen LogP) is 4.66. The van der Waals surface area contributed by atoms with E-state index in [-0.39, 0.29) is 23.0 Å². The zero-order valence-corrected chi connectivity index (χ0v) is 19.0. The number of carbonyl (C=O) groups is 3. The standard InChI is InChI=1S/C23H19Cl2N3O5/c1-13-5-4-7-17-20(13)23(31)27(22(17)30)26(12-14-9-10-15(24)11-18(14)25)21(29)16-6-2-3-8-19(16)28(32)33/h2-6,8-11,13,17,20H,7,12H2,1H3/t13-,17+,20-/m1/s1. The largest absolute Gasteiger partial charge is 0.282 e. The van der Waals surface area contributed by atoms with Gasteiger partial charge in [0.05, 0.1) is 23.3 Å². The highest BCUT2D eigenvalue weighted by atomic mass is 35.5. The summed E-state index contributed by atoms with van der Waals surface area (Å²) in [4.78, 5) is 51.2. The summed E-state index contributed by atoms with van der Waals surface area (Å²) in [6.07, 6.45) is 4.11. The maximum absolute atomic E-state index is 13.6. The van der Waals surface area contributed by atoms with Gasteiger partial charge in [-0.1, -0.05) is 60.5 Å². The van der Waals surface area contributed by atoms with Crippen LogP contribution in [0.3, 0.4) is 0 Å². The van der Waals surface area contributed by atoms with Crippen molar-refractivity contribution in [2.45, 2.75) is 19.9 Å². The van der Waals surface area contributed by atoms with Crippen molar-refractivity contribution in [2.24, 2.45) is 17.8 Å². The number of imide groups is 1. The summed E-state index contributed by atoms with van der Waals surface area (Å²) in [7, 11) is 0. The SMILES string of the molecule is C[C@@H]1C=CC[C@@H]2C(=O)N(N(Cc3ccc(Cl)cc3Cl)C(=O)c3ccccc3[N+](=O)[O-])C(=O)[C@H]12. The van der Waals surface area contributed by atoms with Crippen LogP contribution >= 0.6 is 23.2 Å². The topological polar surface area (TPSA) is 101 Å². The monoisotopic (exact) mass is 487 g/mol. The number of hydrogen-bond donors (Lipinski definition) is 0. The van der Waals surface area contributed by atoms with Gasteiger partial charge in [0.1, 0.15) is 5.56 Å². The zero-order chi connectivity index (χ0) is 23.9. The van der Waals surface area contributed by atoms with E-state index < -0.39 is 40.2 Å². The number of fused-ring (bicyclic) bond motifs is 1. The molecule has 0 saturated carbocycles. The van der Waals surface area contributed by atoms with Crippen LogP contribution in [0.5, 0.6) is 0 Å². The molecule has 0 unspecified atom stereocenters. The number of hydrazine groups is 1. The van der Waals surface area contributed by atoms with Crippen molar-refractivity contribution < 1.29 is 19.3 Å². The van der Waals surface area contributed by atoms with Crippen LogP contribution in [0.2, 0.25) is 10.0 Å². The number of halogens is 2. The molecule has 4 rings (SSSR count). The fourth-order valence-electron chi connectivity index (χ4n) is 4.37. The van der Waals surface area contributed by atoms with Crippen LogP contribution in [0.25, 0.3) is 0 Å². The summed E-state index contributed by atoms with van der Waals surface area (Å²) in [6, 6.07) is 10.0. The lowest BCUT2D eigenvalue weighted by Gasteiger charge is -2.31. The van der Waals surface area contributed by atoms with E-state index in [0.29, 0.717) is 17.0 Å². The summed E-state index contributed by atoms with van der Waals surface area (Å²) in [5.41, 5.74) is -0.245. The number of benzene rings is 2. The molecule has 10 heteroatoms. The van der Waals surface area contributed by atoms with Gasteiger partial charge in [0.25, 0.3) is 23.4 Å². The maximum Gasteiger partial charge on any atom is 0.282 e. The molecule has 170 valence electrons. The van der Waals surface area contributed by atoms with Crippen LogP contribution in [0.1, 0.15) is 29.3 Å². The maximum atomic E-state index is 13.6. The molecule has 33 heavy (non-hydrogen) atoms.